The van der Waals surface area contributed by atoms with Crippen molar-refractivity contribution in [1.29, 1.82) is 0 Å². The fraction of sp³-hybridized carbons (Fsp3) is 0.0909. The Kier molecular flexibility index (Phi) is 3.35. The molecule has 2 rings (SSSR count). The molecule has 0 aliphatic carbocycles. The molecule has 0 atom stereocenters. The molecule has 1 aromatic heterocycles. The normalized spacial score (nSPS) is 10.7. The number of aryl methyl sites for hydroxylation is 1. The molecule has 0 bridgehead atoms. The van der Waals surface area contributed by atoms with E-state index >= 15 is 0 Å². The van der Waals surface area contributed by atoms with Gasteiger partial charge in [-0.2, -0.15) is 5.10 Å². The van der Waals surface area contributed by atoms with E-state index < -0.39 is 34.9 Å². The van der Waals surface area contributed by atoms with Gasteiger partial charge >= 0.3 is 0 Å². The van der Waals surface area contributed by atoms with Crippen LogP contribution in [0.2, 0.25) is 0 Å². The molecule has 0 fully saturated rings. The maximum Gasteiger partial charge on any atom is 0.278 e. The van der Waals surface area contributed by atoms with Crippen LogP contribution in [0, 0.1) is 23.3 Å². The van der Waals surface area contributed by atoms with E-state index in [1.807, 2.05) is 0 Å². The molecule has 5 nitrogen and oxygen atoms in total. The van der Waals surface area contributed by atoms with Gasteiger partial charge in [0.05, 0.1) is 5.69 Å². The quantitative estimate of drug-likeness (QED) is 0.654. The minimum absolute atomic E-state index is 0.0372. The number of carbonyl (C=O) groups excluding carboxylic acids is 1. The van der Waals surface area contributed by atoms with Crippen LogP contribution in [0.3, 0.4) is 0 Å². The Morgan fingerprint density at radius 1 is 1.25 bits per heavy atom. The van der Waals surface area contributed by atoms with Crippen LogP contribution in [0.4, 0.5) is 28.9 Å². The number of benzene rings is 1. The molecule has 0 saturated carbocycles. The summed E-state index contributed by atoms with van der Waals surface area (Å²) in [6.45, 7) is 0. The maximum absolute atomic E-state index is 13.4. The van der Waals surface area contributed by atoms with E-state index in [1.54, 1.807) is 5.32 Å². The van der Waals surface area contributed by atoms with Gasteiger partial charge in [0.2, 0.25) is 0 Å². The van der Waals surface area contributed by atoms with Crippen LogP contribution in [-0.2, 0) is 7.05 Å². The van der Waals surface area contributed by atoms with Crippen LogP contribution in [-0.4, -0.2) is 15.7 Å². The van der Waals surface area contributed by atoms with Gasteiger partial charge in [-0.1, -0.05) is 0 Å². The molecule has 2 aromatic rings. The summed E-state index contributed by atoms with van der Waals surface area (Å²) in [5, 5.41) is 5.36. The molecule has 20 heavy (non-hydrogen) atoms. The highest BCUT2D eigenvalue weighted by atomic mass is 19.2. The SMILES string of the molecule is Cn1cc(N)c(C(=O)Nc2c(F)c(F)cc(F)c2F)n1. The lowest BCUT2D eigenvalue weighted by atomic mass is 10.2. The van der Waals surface area contributed by atoms with Gasteiger partial charge in [-0.05, 0) is 0 Å². The number of nitrogen functional groups attached to an aromatic ring is 1. The zero-order chi connectivity index (χ0) is 15.0. The molecule has 3 N–H and O–H groups in total. The van der Waals surface area contributed by atoms with Crippen molar-refractivity contribution in [2.24, 2.45) is 7.05 Å². The molecule has 1 aromatic carbocycles. The van der Waals surface area contributed by atoms with Crippen molar-refractivity contribution in [3.8, 4) is 0 Å². The first-order chi connectivity index (χ1) is 9.31. The standard InChI is InChI=1S/C11H8F4N4O/c1-19-3-6(16)9(18-19)11(20)17-10-7(14)4(12)2-5(13)8(10)15/h2-3H,16H2,1H3,(H,17,20). The summed E-state index contributed by atoms with van der Waals surface area (Å²) in [7, 11) is 1.47. The van der Waals surface area contributed by atoms with E-state index in [-0.39, 0.29) is 17.4 Å². The van der Waals surface area contributed by atoms with E-state index in [9.17, 15) is 22.4 Å². The lowest BCUT2D eigenvalue weighted by molar-refractivity contribution is 0.102. The molecule has 9 heteroatoms. The van der Waals surface area contributed by atoms with Crippen LogP contribution < -0.4 is 11.1 Å². The Labute approximate surface area is 110 Å². The third kappa shape index (κ3) is 2.29. The summed E-state index contributed by atoms with van der Waals surface area (Å²) < 4.78 is 53.9. The number of carbonyl (C=O) groups is 1. The predicted octanol–water partition coefficient (Wildman–Crippen LogP) is 1.81. The van der Waals surface area contributed by atoms with Crippen LogP contribution in [0.15, 0.2) is 12.3 Å². The van der Waals surface area contributed by atoms with Crippen molar-refractivity contribution in [2.45, 2.75) is 0 Å². The van der Waals surface area contributed by atoms with E-state index in [0.717, 1.165) is 0 Å². The van der Waals surface area contributed by atoms with Crippen molar-refractivity contribution in [1.82, 2.24) is 9.78 Å². The largest absolute Gasteiger partial charge is 0.396 e. The molecule has 0 spiro atoms. The van der Waals surface area contributed by atoms with Gasteiger partial charge in [-0.25, -0.2) is 17.6 Å². The molecular weight excluding hydrogens is 280 g/mol. The second kappa shape index (κ2) is 4.83. The van der Waals surface area contributed by atoms with Crippen LogP contribution in [0.1, 0.15) is 10.5 Å². The number of rotatable bonds is 2. The average molecular weight is 288 g/mol. The Morgan fingerprint density at radius 2 is 1.80 bits per heavy atom. The number of amides is 1. The first kappa shape index (κ1) is 13.8. The average Bonchev–Trinajstić information content (AvgIpc) is 2.71. The topological polar surface area (TPSA) is 72.9 Å². The summed E-state index contributed by atoms with van der Waals surface area (Å²) in [6, 6.07) is 0.0372. The van der Waals surface area contributed by atoms with Gasteiger partial charge in [0.15, 0.2) is 29.0 Å². The molecule has 0 saturated heterocycles. The molecule has 1 heterocycles. The molecule has 0 aliphatic heterocycles. The van der Waals surface area contributed by atoms with Crippen LogP contribution in [0.25, 0.3) is 0 Å². The van der Waals surface area contributed by atoms with Gasteiger partial charge in [0, 0.05) is 19.3 Å². The minimum Gasteiger partial charge on any atom is -0.396 e. The second-order valence-corrected chi connectivity index (χ2v) is 3.90. The summed E-state index contributed by atoms with van der Waals surface area (Å²) >= 11 is 0. The molecule has 0 radical (unpaired) electrons. The van der Waals surface area contributed by atoms with Gasteiger partial charge in [0.25, 0.3) is 5.91 Å². The van der Waals surface area contributed by atoms with Crippen LogP contribution >= 0.6 is 0 Å². The predicted molar refractivity (Wildman–Crippen MR) is 61.8 cm³/mol. The van der Waals surface area contributed by atoms with Crippen LogP contribution in [0.5, 0.6) is 0 Å². The summed E-state index contributed by atoms with van der Waals surface area (Å²) in [6.07, 6.45) is 1.29. The van der Waals surface area contributed by atoms with Crippen molar-refractivity contribution < 1.29 is 22.4 Å². The smallest absolute Gasteiger partial charge is 0.278 e. The van der Waals surface area contributed by atoms with Gasteiger partial charge in [-0.15, -0.1) is 0 Å². The Morgan fingerprint density at radius 3 is 2.25 bits per heavy atom. The number of nitrogens with two attached hydrogens (primary N) is 1. The van der Waals surface area contributed by atoms with Crippen molar-refractivity contribution in [3.63, 3.8) is 0 Å². The summed E-state index contributed by atoms with van der Waals surface area (Å²) in [5.41, 5.74) is 3.84. The monoisotopic (exact) mass is 288 g/mol. The highest BCUT2D eigenvalue weighted by molar-refractivity contribution is 6.06. The Bertz CT molecular complexity index is 672. The second-order valence-electron chi connectivity index (χ2n) is 3.90. The van der Waals surface area contributed by atoms with Gasteiger partial charge < -0.3 is 11.1 Å². The van der Waals surface area contributed by atoms with Gasteiger partial charge in [-0.3, -0.25) is 9.48 Å². The van der Waals surface area contributed by atoms with E-state index in [4.69, 9.17) is 5.73 Å². The molecule has 106 valence electrons. The maximum atomic E-state index is 13.4. The molecule has 0 unspecified atom stereocenters. The first-order valence-corrected chi connectivity index (χ1v) is 5.24. The molecule has 0 aliphatic rings. The minimum atomic E-state index is -1.72. The molecule has 1 amide bonds. The van der Waals surface area contributed by atoms with E-state index in [2.05, 4.69) is 5.10 Å². The third-order valence-electron chi connectivity index (χ3n) is 2.42. The summed E-state index contributed by atoms with van der Waals surface area (Å²) in [5.74, 6) is -7.79. The van der Waals surface area contributed by atoms with E-state index in [1.165, 1.54) is 17.9 Å². The zero-order valence-electron chi connectivity index (χ0n) is 10.0. The number of hydrogen-bond donors (Lipinski definition) is 2. The highest BCUT2D eigenvalue weighted by Gasteiger charge is 2.23. The van der Waals surface area contributed by atoms with Crippen molar-refractivity contribution in [3.05, 3.63) is 41.2 Å². The zero-order valence-corrected chi connectivity index (χ0v) is 10.0. The Hall–Kier alpha value is -2.58. The number of nitrogens with one attached hydrogen (secondary N) is 1. The van der Waals surface area contributed by atoms with Crippen molar-refractivity contribution >= 4 is 17.3 Å². The number of hydrogen-bond acceptors (Lipinski definition) is 3. The Balaban J connectivity index is 2.40. The number of aromatic nitrogens is 2. The van der Waals surface area contributed by atoms with Crippen molar-refractivity contribution in [2.75, 3.05) is 11.1 Å². The fourth-order valence-corrected chi connectivity index (χ4v) is 1.54. The number of anilines is 2. The number of halogens is 4. The third-order valence-corrected chi connectivity index (χ3v) is 2.42. The summed E-state index contributed by atoms with van der Waals surface area (Å²) in [4.78, 5) is 11.7. The van der Waals surface area contributed by atoms with Gasteiger partial charge in [0.1, 0.15) is 5.69 Å². The first-order valence-electron chi connectivity index (χ1n) is 5.24. The van der Waals surface area contributed by atoms with E-state index in [0.29, 0.717) is 0 Å². The number of nitrogens with zero attached hydrogens (tertiary/aromatic N) is 2. The highest BCUT2D eigenvalue weighted by Crippen LogP contribution is 2.25. The lowest BCUT2D eigenvalue weighted by Gasteiger charge is -2.08. The molecular formula is C11H8F4N4O. The fourth-order valence-electron chi connectivity index (χ4n) is 1.54. The lowest BCUT2D eigenvalue weighted by Crippen LogP contribution is -2.17.